The summed E-state index contributed by atoms with van der Waals surface area (Å²) in [6.45, 7) is 1.41. The van der Waals surface area contributed by atoms with Crippen molar-refractivity contribution in [2.45, 2.75) is 18.9 Å². The molecule has 1 heterocycles. The Bertz CT molecular complexity index is 383. The number of ether oxygens (including phenoxy) is 2. The van der Waals surface area contributed by atoms with Crippen LogP contribution in [0.25, 0.3) is 0 Å². The Morgan fingerprint density at radius 1 is 1.39 bits per heavy atom. The van der Waals surface area contributed by atoms with Gasteiger partial charge in [0, 0.05) is 24.8 Å². The minimum absolute atomic E-state index is 0. The van der Waals surface area contributed by atoms with Gasteiger partial charge in [0.15, 0.2) is 0 Å². The van der Waals surface area contributed by atoms with Crippen molar-refractivity contribution in [2.75, 3.05) is 20.3 Å². The standard InChI is InChI=1S/C13H18FNO2.ClH/c1-16-11-4-2-3-10(14)12(11)13(15)9-5-7-17-8-6-9;/h2-4,9,13H,5-8,15H2,1H3;1H/t13-;/m0./s1. The van der Waals surface area contributed by atoms with Crippen molar-refractivity contribution in [3.63, 3.8) is 0 Å². The molecule has 2 rings (SSSR count). The predicted octanol–water partition coefficient (Wildman–Crippen LogP) is 2.68. The zero-order chi connectivity index (χ0) is 12.3. The van der Waals surface area contributed by atoms with Gasteiger partial charge in [-0.3, -0.25) is 0 Å². The highest BCUT2D eigenvalue weighted by Gasteiger charge is 2.26. The lowest BCUT2D eigenvalue weighted by Crippen LogP contribution is -2.28. The van der Waals surface area contributed by atoms with Crippen LogP contribution in [-0.4, -0.2) is 20.3 Å². The van der Waals surface area contributed by atoms with Crippen LogP contribution >= 0.6 is 12.4 Å². The summed E-state index contributed by atoms with van der Waals surface area (Å²) in [6.07, 6.45) is 1.75. The van der Waals surface area contributed by atoms with Crippen LogP contribution in [0.5, 0.6) is 5.75 Å². The minimum Gasteiger partial charge on any atom is -0.496 e. The van der Waals surface area contributed by atoms with E-state index in [0.29, 0.717) is 24.5 Å². The van der Waals surface area contributed by atoms with E-state index in [2.05, 4.69) is 0 Å². The number of benzene rings is 1. The van der Waals surface area contributed by atoms with Crippen LogP contribution in [0.4, 0.5) is 4.39 Å². The second-order valence-corrected chi connectivity index (χ2v) is 4.33. The summed E-state index contributed by atoms with van der Waals surface area (Å²) in [5.74, 6) is 0.502. The molecule has 0 unspecified atom stereocenters. The maximum atomic E-state index is 13.9. The minimum atomic E-state index is -0.324. The molecule has 5 heteroatoms. The SMILES string of the molecule is COc1cccc(F)c1[C@@H](N)C1CCOCC1.Cl. The van der Waals surface area contributed by atoms with E-state index in [1.165, 1.54) is 13.2 Å². The zero-order valence-corrected chi connectivity index (χ0v) is 11.2. The van der Waals surface area contributed by atoms with Gasteiger partial charge >= 0.3 is 0 Å². The quantitative estimate of drug-likeness (QED) is 0.922. The van der Waals surface area contributed by atoms with Gasteiger partial charge in [-0.2, -0.15) is 0 Å². The average molecular weight is 276 g/mol. The summed E-state index contributed by atoms with van der Waals surface area (Å²) < 4.78 is 24.3. The zero-order valence-electron chi connectivity index (χ0n) is 10.4. The molecule has 0 aromatic heterocycles. The van der Waals surface area contributed by atoms with E-state index in [1.807, 2.05) is 0 Å². The van der Waals surface area contributed by atoms with Crippen molar-refractivity contribution in [3.05, 3.63) is 29.6 Å². The molecule has 1 atom stereocenters. The lowest BCUT2D eigenvalue weighted by Gasteiger charge is -2.28. The Kier molecular flexibility index (Phi) is 5.85. The smallest absolute Gasteiger partial charge is 0.131 e. The lowest BCUT2D eigenvalue weighted by atomic mass is 9.87. The fourth-order valence-electron chi connectivity index (χ4n) is 2.33. The molecule has 1 aliphatic heterocycles. The summed E-state index contributed by atoms with van der Waals surface area (Å²) in [4.78, 5) is 0. The van der Waals surface area contributed by atoms with Crippen molar-refractivity contribution < 1.29 is 13.9 Å². The van der Waals surface area contributed by atoms with Crippen LogP contribution in [0.3, 0.4) is 0 Å². The maximum absolute atomic E-state index is 13.9. The van der Waals surface area contributed by atoms with Gasteiger partial charge in [0.1, 0.15) is 11.6 Å². The molecule has 3 nitrogen and oxygen atoms in total. The van der Waals surface area contributed by atoms with E-state index >= 15 is 0 Å². The fraction of sp³-hybridized carbons (Fsp3) is 0.538. The highest BCUT2D eigenvalue weighted by atomic mass is 35.5. The van der Waals surface area contributed by atoms with Gasteiger partial charge in [-0.15, -0.1) is 12.4 Å². The molecule has 1 saturated heterocycles. The van der Waals surface area contributed by atoms with Gasteiger partial charge in [-0.25, -0.2) is 4.39 Å². The van der Waals surface area contributed by atoms with E-state index in [0.717, 1.165) is 12.8 Å². The fourth-order valence-corrected chi connectivity index (χ4v) is 2.33. The molecule has 18 heavy (non-hydrogen) atoms. The second-order valence-electron chi connectivity index (χ2n) is 4.33. The number of hydrogen-bond donors (Lipinski definition) is 1. The summed E-state index contributed by atoms with van der Waals surface area (Å²) in [6, 6.07) is 4.48. The molecule has 102 valence electrons. The molecule has 0 spiro atoms. The van der Waals surface area contributed by atoms with Crippen molar-refractivity contribution in [2.24, 2.45) is 11.7 Å². The monoisotopic (exact) mass is 275 g/mol. The molecule has 2 N–H and O–H groups in total. The average Bonchev–Trinajstić information content (AvgIpc) is 2.38. The van der Waals surface area contributed by atoms with Gasteiger partial charge < -0.3 is 15.2 Å². The van der Waals surface area contributed by atoms with E-state index < -0.39 is 0 Å². The number of halogens is 2. The molecule has 0 radical (unpaired) electrons. The first-order valence-electron chi connectivity index (χ1n) is 5.89. The summed E-state index contributed by atoms with van der Waals surface area (Å²) in [7, 11) is 1.54. The van der Waals surface area contributed by atoms with Crippen LogP contribution in [0, 0.1) is 11.7 Å². The van der Waals surface area contributed by atoms with Gasteiger partial charge in [0.25, 0.3) is 0 Å². The van der Waals surface area contributed by atoms with Crippen LogP contribution < -0.4 is 10.5 Å². The Labute approximate surface area is 113 Å². The second kappa shape index (κ2) is 6.92. The molecule has 1 aromatic rings. The molecular formula is C13H19ClFNO2. The Hall–Kier alpha value is -0.840. The Morgan fingerprint density at radius 2 is 2.06 bits per heavy atom. The Balaban J connectivity index is 0.00000162. The molecule has 0 bridgehead atoms. The van der Waals surface area contributed by atoms with Crippen molar-refractivity contribution in [3.8, 4) is 5.75 Å². The molecule has 1 aliphatic rings. The number of rotatable bonds is 3. The molecule has 1 fully saturated rings. The summed E-state index contributed by atoms with van der Waals surface area (Å²) >= 11 is 0. The molecule has 0 amide bonds. The third kappa shape index (κ3) is 3.13. The van der Waals surface area contributed by atoms with Gasteiger partial charge in [0.05, 0.1) is 7.11 Å². The summed E-state index contributed by atoms with van der Waals surface area (Å²) in [5.41, 5.74) is 6.66. The topological polar surface area (TPSA) is 44.5 Å². The maximum Gasteiger partial charge on any atom is 0.131 e. The van der Waals surface area contributed by atoms with Crippen LogP contribution in [0.1, 0.15) is 24.4 Å². The van der Waals surface area contributed by atoms with E-state index in [4.69, 9.17) is 15.2 Å². The van der Waals surface area contributed by atoms with Crippen molar-refractivity contribution >= 4 is 12.4 Å². The highest BCUT2D eigenvalue weighted by molar-refractivity contribution is 5.85. The molecule has 1 aromatic carbocycles. The normalized spacial score (nSPS) is 17.9. The third-order valence-corrected chi connectivity index (χ3v) is 3.34. The first-order chi connectivity index (χ1) is 8.24. The Morgan fingerprint density at radius 3 is 2.67 bits per heavy atom. The molecule has 0 saturated carbocycles. The predicted molar refractivity (Wildman–Crippen MR) is 70.7 cm³/mol. The van der Waals surface area contributed by atoms with Gasteiger partial charge in [-0.1, -0.05) is 6.07 Å². The highest BCUT2D eigenvalue weighted by Crippen LogP contribution is 2.34. The largest absolute Gasteiger partial charge is 0.496 e. The van der Waals surface area contributed by atoms with E-state index in [-0.39, 0.29) is 30.2 Å². The number of hydrogen-bond acceptors (Lipinski definition) is 3. The number of methoxy groups -OCH3 is 1. The third-order valence-electron chi connectivity index (χ3n) is 3.34. The van der Waals surface area contributed by atoms with Crippen molar-refractivity contribution in [1.29, 1.82) is 0 Å². The summed E-state index contributed by atoms with van der Waals surface area (Å²) in [5, 5.41) is 0. The number of nitrogens with two attached hydrogens (primary N) is 1. The lowest BCUT2D eigenvalue weighted by molar-refractivity contribution is 0.0577. The van der Waals surface area contributed by atoms with Crippen LogP contribution in [0.2, 0.25) is 0 Å². The molecular weight excluding hydrogens is 257 g/mol. The first kappa shape index (κ1) is 15.2. The van der Waals surface area contributed by atoms with E-state index in [1.54, 1.807) is 12.1 Å². The van der Waals surface area contributed by atoms with Crippen LogP contribution in [0.15, 0.2) is 18.2 Å². The van der Waals surface area contributed by atoms with Gasteiger partial charge in [0.2, 0.25) is 0 Å². The molecule has 0 aliphatic carbocycles. The van der Waals surface area contributed by atoms with Crippen LogP contribution in [-0.2, 0) is 4.74 Å². The van der Waals surface area contributed by atoms with E-state index in [9.17, 15) is 4.39 Å². The first-order valence-corrected chi connectivity index (χ1v) is 5.89. The van der Waals surface area contributed by atoms with Gasteiger partial charge in [-0.05, 0) is 30.9 Å². The van der Waals surface area contributed by atoms with Crippen molar-refractivity contribution in [1.82, 2.24) is 0 Å².